The molecule has 0 radical (unpaired) electrons. The predicted molar refractivity (Wildman–Crippen MR) is 121 cm³/mol. The fourth-order valence-corrected chi connectivity index (χ4v) is 4.41. The number of thiazole rings is 1. The van der Waals surface area contributed by atoms with Gasteiger partial charge in [0.1, 0.15) is 5.75 Å². The van der Waals surface area contributed by atoms with E-state index in [0.717, 1.165) is 49.5 Å². The summed E-state index contributed by atoms with van der Waals surface area (Å²) in [6, 6.07) is 6.21. The van der Waals surface area contributed by atoms with Crippen LogP contribution in [0.1, 0.15) is 49.9 Å². The molecule has 7 heteroatoms. The Kier molecular flexibility index (Phi) is 8.24. The first kappa shape index (κ1) is 22.7. The molecular weight excluding hydrogens is 398 g/mol. The summed E-state index contributed by atoms with van der Waals surface area (Å²) in [5.74, 6) is 0.940. The van der Waals surface area contributed by atoms with Gasteiger partial charge in [-0.3, -0.25) is 9.69 Å². The van der Waals surface area contributed by atoms with E-state index in [9.17, 15) is 4.79 Å². The number of nitrogens with one attached hydrogen (secondary N) is 1. The molecule has 1 aliphatic rings. The van der Waals surface area contributed by atoms with Crippen LogP contribution in [0.2, 0.25) is 0 Å². The summed E-state index contributed by atoms with van der Waals surface area (Å²) in [6.45, 7) is 11.5. The normalized spacial score (nSPS) is 19.6. The number of rotatable bonds is 9. The van der Waals surface area contributed by atoms with Crippen LogP contribution in [0.4, 0.5) is 5.13 Å². The third-order valence-electron chi connectivity index (χ3n) is 5.08. The summed E-state index contributed by atoms with van der Waals surface area (Å²) >= 11 is 1.49. The van der Waals surface area contributed by atoms with Gasteiger partial charge in [-0.1, -0.05) is 12.1 Å². The van der Waals surface area contributed by atoms with Crippen molar-refractivity contribution in [3.05, 3.63) is 40.4 Å². The average molecular weight is 432 g/mol. The van der Waals surface area contributed by atoms with Gasteiger partial charge in [0.25, 0.3) is 0 Å². The standard InChI is InChI=1S/C23H33N3O3S/c1-16-8-9-17(2)21(11-16)28-10-6-5-7-22(27)25-23-24-20(15-30-23)14-26-12-18(3)29-19(4)13-26/h8-9,11,15,18-19H,5-7,10,12-14H2,1-4H3,(H,24,25,27). The lowest BCUT2D eigenvalue weighted by Crippen LogP contribution is -2.44. The third kappa shape index (κ3) is 7.07. The zero-order chi connectivity index (χ0) is 21.5. The number of benzene rings is 1. The lowest BCUT2D eigenvalue weighted by atomic mass is 10.1. The maximum absolute atomic E-state index is 12.2. The van der Waals surface area contributed by atoms with Crippen LogP contribution < -0.4 is 10.1 Å². The Morgan fingerprint density at radius 1 is 1.27 bits per heavy atom. The van der Waals surface area contributed by atoms with Crippen molar-refractivity contribution in [2.45, 2.75) is 65.7 Å². The van der Waals surface area contributed by atoms with E-state index in [2.05, 4.69) is 54.2 Å². The highest BCUT2D eigenvalue weighted by atomic mass is 32.1. The number of hydrogen-bond acceptors (Lipinski definition) is 6. The van der Waals surface area contributed by atoms with Crippen molar-refractivity contribution in [3.8, 4) is 5.75 Å². The molecule has 3 rings (SSSR count). The first-order chi connectivity index (χ1) is 14.4. The Morgan fingerprint density at radius 2 is 2.03 bits per heavy atom. The first-order valence-corrected chi connectivity index (χ1v) is 11.6. The van der Waals surface area contributed by atoms with Gasteiger partial charge in [0.2, 0.25) is 5.91 Å². The van der Waals surface area contributed by atoms with Gasteiger partial charge in [-0.15, -0.1) is 11.3 Å². The smallest absolute Gasteiger partial charge is 0.226 e. The van der Waals surface area contributed by atoms with Crippen LogP contribution in [0.3, 0.4) is 0 Å². The SMILES string of the molecule is Cc1ccc(C)c(OCCCCC(=O)Nc2nc(CN3CC(C)OC(C)C3)cs2)c1. The number of anilines is 1. The van der Waals surface area contributed by atoms with Crippen LogP contribution in [0.25, 0.3) is 0 Å². The Morgan fingerprint density at radius 3 is 2.80 bits per heavy atom. The monoisotopic (exact) mass is 431 g/mol. The number of amides is 1. The first-order valence-electron chi connectivity index (χ1n) is 10.7. The molecule has 2 aromatic rings. The van der Waals surface area contributed by atoms with Gasteiger partial charge in [0, 0.05) is 31.4 Å². The molecule has 1 N–H and O–H groups in total. The number of nitrogens with zero attached hydrogens (tertiary/aromatic N) is 2. The molecule has 0 spiro atoms. The van der Waals surface area contributed by atoms with E-state index in [1.165, 1.54) is 16.9 Å². The molecule has 164 valence electrons. The summed E-state index contributed by atoms with van der Waals surface area (Å²) in [5.41, 5.74) is 3.33. The van der Waals surface area contributed by atoms with E-state index in [1.807, 2.05) is 12.3 Å². The molecule has 1 amide bonds. The van der Waals surface area contributed by atoms with Crippen molar-refractivity contribution >= 4 is 22.4 Å². The number of unbranched alkanes of at least 4 members (excludes halogenated alkanes) is 1. The Balaban J connectivity index is 1.35. The van der Waals surface area contributed by atoms with Crippen molar-refractivity contribution in [1.82, 2.24) is 9.88 Å². The second kappa shape index (κ2) is 10.9. The molecule has 1 fully saturated rings. The van der Waals surface area contributed by atoms with Crippen LogP contribution >= 0.6 is 11.3 Å². The Labute approximate surface area is 183 Å². The maximum atomic E-state index is 12.2. The van der Waals surface area contributed by atoms with E-state index < -0.39 is 0 Å². The molecule has 2 heterocycles. The van der Waals surface area contributed by atoms with E-state index in [4.69, 9.17) is 9.47 Å². The zero-order valence-electron chi connectivity index (χ0n) is 18.4. The topological polar surface area (TPSA) is 63.7 Å². The highest BCUT2D eigenvalue weighted by molar-refractivity contribution is 7.13. The zero-order valence-corrected chi connectivity index (χ0v) is 19.3. The third-order valence-corrected chi connectivity index (χ3v) is 5.88. The van der Waals surface area contributed by atoms with Gasteiger partial charge in [0.15, 0.2) is 5.13 Å². The second-order valence-corrected chi connectivity index (χ2v) is 9.08. The molecule has 0 bridgehead atoms. The minimum Gasteiger partial charge on any atom is -0.493 e. The van der Waals surface area contributed by atoms with E-state index in [1.54, 1.807) is 0 Å². The molecule has 2 unspecified atom stereocenters. The number of hydrogen-bond donors (Lipinski definition) is 1. The highest BCUT2D eigenvalue weighted by Gasteiger charge is 2.22. The predicted octanol–water partition coefficient (Wildman–Crippen LogP) is 4.56. The number of ether oxygens (including phenoxy) is 2. The molecule has 1 aliphatic heterocycles. The van der Waals surface area contributed by atoms with Crippen molar-refractivity contribution in [2.24, 2.45) is 0 Å². The van der Waals surface area contributed by atoms with Gasteiger partial charge >= 0.3 is 0 Å². The summed E-state index contributed by atoms with van der Waals surface area (Å²) in [7, 11) is 0. The summed E-state index contributed by atoms with van der Waals surface area (Å²) in [4.78, 5) is 19.1. The molecule has 1 aromatic heterocycles. The van der Waals surface area contributed by atoms with Crippen LogP contribution in [-0.2, 0) is 16.1 Å². The number of aromatic nitrogens is 1. The van der Waals surface area contributed by atoms with Crippen molar-refractivity contribution in [3.63, 3.8) is 0 Å². The van der Waals surface area contributed by atoms with Crippen molar-refractivity contribution < 1.29 is 14.3 Å². The Hall–Kier alpha value is -1.96. The van der Waals surface area contributed by atoms with Crippen LogP contribution in [0.5, 0.6) is 5.75 Å². The fraction of sp³-hybridized carbons (Fsp3) is 0.565. The van der Waals surface area contributed by atoms with Crippen LogP contribution in [0.15, 0.2) is 23.6 Å². The Bertz CT molecular complexity index is 829. The minimum atomic E-state index is 0.0104. The fourth-order valence-electron chi connectivity index (χ4n) is 3.69. The number of carbonyl (C=O) groups is 1. The minimum absolute atomic E-state index is 0.0104. The number of aryl methyl sites for hydroxylation is 2. The highest BCUT2D eigenvalue weighted by Crippen LogP contribution is 2.21. The molecule has 6 nitrogen and oxygen atoms in total. The van der Waals surface area contributed by atoms with E-state index in [-0.39, 0.29) is 18.1 Å². The molecule has 30 heavy (non-hydrogen) atoms. The summed E-state index contributed by atoms with van der Waals surface area (Å²) in [6.07, 6.45) is 2.59. The van der Waals surface area contributed by atoms with Crippen LogP contribution in [-0.4, -0.2) is 47.7 Å². The summed E-state index contributed by atoms with van der Waals surface area (Å²) < 4.78 is 11.6. The van der Waals surface area contributed by atoms with E-state index in [0.29, 0.717) is 18.2 Å². The molecule has 1 aromatic carbocycles. The van der Waals surface area contributed by atoms with Gasteiger partial charge < -0.3 is 14.8 Å². The van der Waals surface area contributed by atoms with E-state index >= 15 is 0 Å². The van der Waals surface area contributed by atoms with Crippen molar-refractivity contribution in [2.75, 3.05) is 25.0 Å². The maximum Gasteiger partial charge on any atom is 0.226 e. The molecule has 1 saturated heterocycles. The molecule has 0 saturated carbocycles. The molecule has 2 atom stereocenters. The van der Waals surface area contributed by atoms with Gasteiger partial charge in [-0.2, -0.15) is 0 Å². The average Bonchev–Trinajstić information content (AvgIpc) is 3.10. The molecular formula is C23H33N3O3S. The van der Waals surface area contributed by atoms with Gasteiger partial charge in [-0.25, -0.2) is 4.98 Å². The van der Waals surface area contributed by atoms with Crippen LogP contribution in [0, 0.1) is 13.8 Å². The second-order valence-electron chi connectivity index (χ2n) is 8.22. The number of carbonyl (C=O) groups excluding carboxylic acids is 1. The van der Waals surface area contributed by atoms with Crippen molar-refractivity contribution in [1.29, 1.82) is 0 Å². The van der Waals surface area contributed by atoms with Gasteiger partial charge in [-0.05, 0) is 57.7 Å². The largest absolute Gasteiger partial charge is 0.493 e. The van der Waals surface area contributed by atoms with Gasteiger partial charge in [0.05, 0.1) is 24.5 Å². The quantitative estimate of drug-likeness (QED) is 0.590. The number of morpholine rings is 1. The molecule has 0 aliphatic carbocycles. The summed E-state index contributed by atoms with van der Waals surface area (Å²) in [5, 5.41) is 5.63. The lowest BCUT2D eigenvalue weighted by molar-refractivity contribution is -0.116. The lowest BCUT2D eigenvalue weighted by Gasteiger charge is -2.34.